The first-order valence-electron chi connectivity index (χ1n) is 9.64. The summed E-state index contributed by atoms with van der Waals surface area (Å²) in [7, 11) is 2.05. The van der Waals surface area contributed by atoms with Crippen molar-refractivity contribution >= 4 is 28.8 Å². The number of carbonyl (C=O) groups is 1. The Morgan fingerprint density at radius 1 is 1.12 bits per heavy atom. The number of carbonyl (C=O) groups excluding carboxylic acids is 1. The van der Waals surface area contributed by atoms with Crippen LogP contribution in [0.2, 0.25) is 0 Å². The topological polar surface area (TPSA) is 32.3 Å². The van der Waals surface area contributed by atoms with E-state index in [0.29, 0.717) is 24.2 Å². The van der Waals surface area contributed by atoms with Gasteiger partial charge in [-0.15, -0.1) is 0 Å². The number of Topliss-reactive ketones (excluding diaryl/α,β-unsaturated/α-hetero) is 1. The molecule has 3 rings (SSSR count). The van der Waals surface area contributed by atoms with Gasteiger partial charge in [0.1, 0.15) is 0 Å². The molecule has 2 aliphatic carbocycles. The number of benzene rings is 1. The lowest BCUT2D eigenvalue weighted by molar-refractivity contribution is 0.0949. The fraction of sp³-hybridized carbons (Fsp3) is 0.619. The van der Waals surface area contributed by atoms with Crippen molar-refractivity contribution in [3.8, 4) is 0 Å². The molecule has 0 atom stereocenters. The van der Waals surface area contributed by atoms with E-state index in [0.717, 1.165) is 27.5 Å². The quantitative estimate of drug-likeness (QED) is 0.576. The lowest BCUT2D eigenvalue weighted by Crippen LogP contribution is -2.33. The number of ketones is 1. The zero-order valence-electron chi connectivity index (χ0n) is 15.7. The predicted octanol–water partition coefficient (Wildman–Crippen LogP) is 5.25. The number of rotatable bonds is 5. The monoisotopic (exact) mass is 358 g/mol. The second-order valence-corrected chi connectivity index (χ2v) is 8.27. The van der Waals surface area contributed by atoms with E-state index in [1.807, 2.05) is 13.0 Å². The van der Waals surface area contributed by atoms with Crippen LogP contribution in [-0.2, 0) is 0 Å². The van der Waals surface area contributed by atoms with Gasteiger partial charge in [0.2, 0.25) is 0 Å². The molecule has 1 aromatic carbocycles. The van der Waals surface area contributed by atoms with Gasteiger partial charge in [0.05, 0.1) is 0 Å². The van der Waals surface area contributed by atoms with E-state index in [2.05, 4.69) is 30.3 Å². The van der Waals surface area contributed by atoms with Gasteiger partial charge in [0, 0.05) is 30.8 Å². The summed E-state index contributed by atoms with van der Waals surface area (Å²) in [5.74, 6) is 0.884. The van der Waals surface area contributed by atoms with Crippen LogP contribution in [0.25, 0.3) is 0 Å². The molecule has 1 aromatic rings. The standard InChI is InChI=1S/C21H30N2OS/c1-14-12-19(22-21(25)23(3)17-9-10-17)15(2)11-18(14)20(24)13-16-7-5-4-6-8-16/h11-12,16-17H,4-10,13H2,1-3H3,(H,22,25). The minimum atomic E-state index is 0.303. The summed E-state index contributed by atoms with van der Waals surface area (Å²) in [6.45, 7) is 4.09. The number of aryl methyl sites for hydroxylation is 2. The zero-order chi connectivity index (χ0) is 18.0. The molecule has 25 heavy (non-hydrogen) atoms. The number of hydrogen-bond acceptors (Lipinski definition) is 2. The summed E-state index contributed by atoms with van der Waals surface area (Å²) in [6.07, 6.45) is 9.48. The maximum absolute atomic E-state index is 12.8. The Balaban J connectivity index is 1.68. The number of anilines is 1. The van der Waals surface area contributed by atoms with Gasteiger partial charge in [-0.3, -0.25) is 4.79 Å². The third-order valence-electron chi connectivity index (χ3n) is 5.73. The Labute approximate surface area is 157 Å². The molecule has 0 saturated heterocycles. The fourth-order valence-electron chi connectivity index (χ4n) is 3.85. The van der Waals surface area contributed by atoms with E-state index in [-0.39, 0.29) is 0 Å². The van der Waals surface area contributed by atoms with E-state index in [9.17, 15) is 4.79 Å². The molecule has 1 N–H and O–H groups in total. The third-order valence-corrected chi connectivity index (χ3v) is 6.12. The highest BCUT2D eigenvalue weighted by atomic mass is 32.1. The molecule has 136 valence electrons. The Morgan fingerprint density at radius 3 is 2.44 bits per heavy atom. The van der Waals surface area contributed by atoms with Crippen molar-refractivity contribution < 1.29 is 4.79 Å². The summed E-state index contributed by atoms with van der Waals surface area (Å²) in [6, 6.07) is 4.72. The minimum absolute atomic E-state index is 0.303. The number of nitrogens with one attached hydrogen (secondary N) is 1. The van der Waals surface area contributed by atoms with Gasteiger partial charge in [0.25, 0.3) is 0 Å². The third kappa shape index (κ3) is 4.60. The maximum Gasteiger partial charge on any atom is 0.173 e. The summed E-state index contributed by atoms with van der Waals surface area (Å²) in [4.78, 5) is 14.9. The van der Waals surface area contributed by atoms with Gasteiger partial charge in [0.15, 0.2) is 10.9 Å². The summed E-state index contributed by atoms with van der Waals surface area (Å²) >= 11 is 5.52. The Kier molecular flexibility index (Phi) is 5.78. The maximum atomic E-state index is 12.8. The van der Waals surface area contributed by atoms with Crippen LogP contribution in [0.5, 0.6) is 0 Å². The molecule has 0 bridgehead atoms. The molecular weight excluding hydrogens is 328 g/mol. The molecule has 2 aliphatic rings. The zero-order valence-corrected chi connectivity index (χ0v) is 16.5. The largest absolute Gasteiger partial charge is 0.349 e. The molecule has 0 amide bonds. The first kappa shape index (κ1) is 18.4. The van der Waals surface area contributed by atoms with Crippen molar-refractivity contribution in [1.82, 2.24) is 4.90 Å². The van der Waals surface area contributed by atoms with Crippen LogP contribution in [-0.4, -0.2) is 28.9 Å². The summed E-state index contributed by atoms with van der Waals surface area (Å²) in [5, 5.41) is 4.14. The Bertz CT molecular complexity index is 660. The van der Waals surface area contributed by atoms with Crippen molar-refractivity contribution in [2.24, 2.45) is 5.92 Å². The van der Waals surface area contributed by atoms with Gasteiger partial charge in [-0.1, -0.05) is 32.1 Å². The molecule has 4 heteroatoms. The van der Waals surface area contributed by atoms with Crippen LogP contribution < -0.4 is 5.32 Å². The first-order valence-corrected chi connectivity index (χ1v) is 10.0. The van der Waals surface area contributed by atoms with Crippen LogP contribution in [0.4, 0.5) is 5.69 Å². The van der Waals surface area contributed by atoms with Crippen molar-refractivity contribution in [2.75, 3.05) is 12.4 Å². The van der Waals surface area contributed by atoms with Crippen molar-refractivity contribution in [3.63, 3.8) is 0 Å². The van der Waals surface area contributed by atoms with Crippen molar-refractivity contribution in [3.05, 3.63) is 28.8 Å². The molecular formula is C21H30N2OS. The summed E-state index contributed by atoms with van der Waals surface area (Å²) in [5.41, 5.74) is 4.04. The molecule has 0 unspecified atom stereocenters. The van der Waals surface area contributed by atoms with Crippen LogP contribution in [0, 0.1) is 19.8 Å². The smallest absolute Gasteiger partial charge is 0.173 e. The highest BCUT2D eigenvalue weighted by molar-refractivity contribution is 7.80. The van der Waals surface area contributed by atoms with Crippen molar-refractivity contribution in [1.29, 1.82) is 0 Å². The van der Waals surface area contributed by atoms with Gasteiger partial charge >= 0.3 is 0 Å². The predicted molar refractivity (Wildman–Crippen MR) is 108 cm³/mol. The van der Waals surface area contributed by atoms with Crippen LogP contribution in [0.15, 0.2) is 12.1 Å². The molecule has 0 spiro atoms. The van der Waals surface area contributed by atoms with Crippen LogP contribution >= 0.6 is 12.2 Å². The van der Waals surface area contributed by atoms with Crippen LogP contribution in [0.1, 0.15) is 72.9 Å². The van der Waals surface area contributed by atoms with E-state index < -0.39 is 0 Å². The number of thiocarbonyl (C=S) groups is 1. The second kappa shape index (κ2) is 7.86. The fourth-order valence-corrected chi connectivity index (χ4v) is 4.10. The molecule has 3 nitrogen and oxygen atoms in total. The highest BCUT2D eigenvalue weighted by Gasteiger charge is 2.28. The van der Waals surface area contributed by atoms with E-state index in [1.54, 1.807) is 0 Å². The van der Waals surface area contributed by atoms with E-state index in [1.165, 1.54) is 44.9 Å². The molecule has 0 radical (unpaired) electrons. The number of hydrogen-bond donors (Lipinski definition) is 1. The van der Waals surface area contributed by atoms with Gasteiger partial charge in [-0.05, 0) is 68.1 Å². The van der Waals surface area contributed by atoms with Gasteiger partial charge < -0.3 is 10.2 Å². The first-order chi connectivity index (χ1) is 12.0. The lowest BCUT2D eigenvalue weighted by Gasteiger charge is -2.23. The SMILES string of the molecule is Cc1cc(C(=O)CC2CCCCC2)c(C)cc1NC(=S)N(C)C1CC1. The normalized spacial score (nSPS) is 18.0. The van der Waals surface area contributed by atoms with E-state index in [4.69, 9.17) is 12.2 Å². The number of nitrogens with zero attached hydrogens (tertiary/aromatic N) is 1. The van der Waals surface area contributed by atoms with Gasteiger partial charge in [-0.25, -0.2) is 0 Å². The Hall–Kier alpha value is -1.42. The Morgan fingerprint density at radius 2 is 1.80 bits per heavy atom. The second-order valence-electron chi connectivity index (χ2n) is 7.89. The van der Waals surface area contributed by atoms with Gasteiger partial charge in [-0.2, -0.15) is 0 Å². The average Bonchev–Trinajstić information content (AvgIpc) is 3.43. The molecule has 0 aliphatic heterocycles. The molecule has 2 saturated carbocycles. The van der Waals surface area contributed by atoms with Crippen molar-refractivity contribution in [2.45, 2.75) is 71.3 Å². The lowest BCUT2D eigenvalue weighted by atomic mass is 9.84. The highest BCUT2D eigenvalue weighted by Crippen LogP contribution is 2.30. The van der Waals surface area contributed by atoms with E-state index >= 15 is 0 Å². The minimum Gasteiger partial charge on any atom is -0.349 e. The molecule has 0 aromatic heterocycles. The average molecular weight is 359 g/mol. The summed E-state index contributed by atoms with van der Waals surface area (Å²) < 4.78 is 0. The molecule has 2 fully saturated rings. The molecule has 0 heterocycles. The van der Waals surface area contributed by atoms with Crippen LogP contribution in [0.3, 0.4) is 0 Å².